The molecule has 0 saturated heterocycles. The number of hydrogen-bond donors (Lipinski definition) is 7. The van der Waals surface area contributed by atoms with Crippen LogP contribution in [0.2, 0.25) is 0 Å². The second-order valence-electron chi connectivity index (χ2n) is 7.87. The zero-order valence-corrected chi connectivity index (χ0v) is 21.6. The summed E-state index contributed by atoms with van der Waals surface area (Å²) in [4.78, 5) is 66.8. The van der Waals surface area contributed by atoms with Crippen LogP contribution in [0.1, 0.15) is 30.1 Å². The van der Waals surface area contributed by atoms with Gasteiger partial charge in [-0.3, -0.25) is 24.2 Å². The standard InChI is InChI=1S/C21H25N7O7.Ca/c1-10(29)28(9-12-8-23-17-16(24-12)19(33)27-21(22)26-17)13-4-2-11(3-5-13)18(32)25-14(20(34)35)6-7-15(30)31;/h2-5,12,14,24H,6-9H2,1H3,(H,25,32)(H,30,31)(H,34,35)(H4,22,23,26,27,33);/q;+2. The molecular weight excluding hydrogens is 502 g/mol. The van der Waals surface area contributed by atoms with Crippen LogP contribution in [0.4, 0.5) is 23.1 Å². The normalized spacial score (nSPS) is 14.6. The predicted molar refractivity (Wildman–Crippen MR) is 131 cm³/mol. The van der Waals surface area contributed by atoms with E-state index in [1.165, 1.54) is 36.1 Å². The molecule has 1 aromatic heterocycles. The van der Waals surface area contributed by atoms with Crippen molar-refractivity contribution in [1.82, 2.24) is 15.3 Å². The van der Waals surface area contributed by atoms with Crippen molar-refractivity contribution in [3.05, 3.63) is 40.2 Å². The van der Waals surface area contributed by atoms with Crippen LogP contribution in [0.25, 0.3) is 0 Å². The van der Waals surface area contributed by atoms with Crippen molar-refractivity contribution in [3.8, 4) is 0 Å². The number of fused-ring (bicyclic) bond motifs is 1. The summed E-state index contributed by atoms with van der Waals surface area (Å²) in [7, 11) is 0. The first-order valence-electron chi connectivity index (χ1n) is 10.6. The van der Waals surface area contributed by atoms with Gasteiger partial charge in [0, 0.05) is 37.7 Å². The maximum atomic E-state index is 12.4. The number of nitrogen functional groups attached to an aromatic ring is 1. The van der Waals surface area contributed by atoms with Gasteiger partial charge in [0.1, 0.15) is 11.7 Å². The molecule has 8 N–H and O–H groups in total. The van der Waals surface area contributed by atoms with Crippen molar-refractivity contribution in [2.75, 3.05) is 34.4 Å². The second kappa shape index (κ2) is 12.6. The summed E-state index contributed by atoms with van der Waals surface area (Å²) in [6, 6.07) is 4.22. The zero-order chi connectivity index (χ0) is 25.7. The van der Waals surface area contributed by atoms with E-state index in [4.69, 9.17) is 10.8 Å². The Morgan fingerprint density at radius 2 is 1.89 bits per heavy atom. The fraction of sp³-hybridized carbons (Fsp3) is 0.333. The molecular formula is C21H25CaN7O7+2. The number of nitrogens with one attached hydrogen (secondary N) is 4. The molecule has 0 saturated carbocycles. The molecule has 2 atom stereocenters. The Kier molecular flexibility index (Phi) is 10.1. The molecule has 0 fully saturated rings. The minimum atomic E-state index is -1.35. The second-order valence-corrected chi connectivity index (χ2v) is 7.87. The number of amides is 2. The first-order chi connectivity index (χ1) is 16.5. The Morgan fingerprint density at radius 1 is 1.22 bits per heavy atom. The van der Waals surface area contributed by atoms with Gasteiger partial charge >= 0.3 is 49.7 Å². The molecule has 0 bridgehead atoms. The number of H-pyrrole nitrogens is 1. The maximum Gasteiger partial charge on any atom is 2.00 e. The van der Waals surface area contributed by atoms with E-state index in [-0.39, 0.29) is 79.9 Å². The number of carboxylic acid groups (broad SMARTS) is 2. The van der Waals surface area contributed by atoms with E-state index in [0.29, 0.717) is 18.1 Å². The summed E-state index contributed by atoms with van der Waals surface area (Å²) in [5.74, 6) is -3.19. The maximum absolute atomic E-state index is 12.4. The van der Waals surface area contributed by atoms with Crippen molar-refractivity contribution >= 4 is 84.6 Å². The minimum Gasteiger partial charge on any atom is -0.481 e. The van der Waals surface area contributed by atoms with Crippen LogP contribution >= 0.6 is 0 Å². The number of carbonyl (C=O) groups is 4. The SMILES string of the molecule is CC(=O)N(CC1CNc2nc(N)[nH]c(=O)c2N1)c1ccc(C(=O)NC(CCC(=O)O)C(=O)O)cc1.[Ca+2]. The van der Waals surface area contributed by atoms with E-state index in [1.807, 2.05) is 0 Å². The number of aliphatic carboxylic acids is 2. The Balaban J connectivity index is 0.00000456. The van der Waals surface area contributed by atoms with E-state index in [2.05, 4.69) is 25.9 Å². The Labute approximate surface area is 234 Å². The molecule has 2 aromatic rings. The van der Waals surface area contributed by atoms with Gasteiger partial charge in [-0.25, -0.2) is 4.79 Å². The zero-order valence-electron chi connectivity index (χ0n) is 19.4. The molecule has 1 aromatic carbocycles. The van der Waals surface area contributed by atoms with Gasteiger partial charge in [0.05, 0.1) is 6.04 Å². The van der Waals surface area contributed by atoms with Gasteiger partial charge in [-0.15, -0.1) is 0 Å². The van der Waals surface area contributed by atoms with E-state index >= 15 is 0 Å². The van der Waals surface area contributed by atoms with Gasteiger partial charge in [-0.1, -0.05) is 0 Å². The number of anilines is 4. The molecule has 1 aliphatic rings. The van der Waals surface area contributed by atoms with Crippen molar-refractivity contribution in [2.24, 2.45) is 0 Å². The summed E-state index contributed by atoms with van der Waals surface area (Å²) in [6.45, 7) is 1.92. The number of benzene rings is 1. The number of rotatable bonds is 9. The third-order valence-electron chi connectivity index (χ3n) is 5.28. The fourth-order valence-corrected chi connectivity index (χ4v) is 3.53. The monoisotopic (exact) mass is 527 g/mol. The van der Waals surface area contributed by atoms with Gasteiger partial charge in [-0.2, -0.15) is 4.98 Å². The molecule has 36 heavy (non-hydrogen) atoms. The van der Waals surface area contributed by atoms with Gasteiger partial charge < -0.3 is 36.8 Å². The third-order valence-corrected chi connectivity index (χ3v) is 5.28. The molecule has 0 spiro atoms. The molecule has 2 unspecified atom stereocenters. The van der Waals surface area contributed by atoms with E-state index in [9.17, 15) is 29.1 Å². The molecule has 2 heterocycles. The first-order valence-corrected chi connectivity index (χ1v) is 10.6. The van der Waals surface area contributed by atoms with Gasteiger partial charge in [-0.05, 0) is 30.7 Å². The molecule has 1 aliphatic heterocycles. The molecule has 0 aliphatic carbocycles. The fourth-order valence-electron chi connectivity index (χ4n) is 3.53. The average Bonchev–Trinajstić information content (AvgIpc) is 2.79. The number of carbonyl (C=O) groups excluding carboxylic acids is 2. The summed E-state index contributed by atoms with van der Waals surface area (Å²) in [5.41, 5.74) is 5.93. The van der Waals surface area contributed by atoms with Crippen molar-refractivity contribution < 1.29 is 29.4 Å². The van der Waals surface area contributed by atoms with Crippen LogP contribution in [0, 0.1) is 0 Å². The number of nitrogens with two attached hydrogens (primary N) is 1. The summed E-state index contributed by atoms with van der Waals surface area (Å²) >= 11 is 0. The summed E-state index contributed by atoms with van der Waals surface area (Å²) < 4.78 is 0. The quantitative estimate of drug-likeness (QED) is 0.202. The summed E-state index contributed by atoms with van der Waals surface area (Å²) in [6.07, 6.45) is -0.670. The first kappa shape index (κ1) is 28.9. The van der Waals surface area contributed by atoms with E-state index in [0.717, 1.165) is 0 Å². The molecule has 2 amide bonds. The number of aromatic nitrogens is 2. The Hall–Kier alpha value is -3.36. The third kappa shape index (κ3) is 7.32. The number of nitrogens with zero attached hydrogens (tertiary/aromatic N) is 2. The number of hydrogen-bond acceptors (Lipinski definition) is 9. The number of aromatic amines is 1. The van der Waals surface area contributed by atoms with Gasteiger partial charge in [0.2, 0.25) is 11.9 Å². The Morgan fingerprint density at radius 3 is 2.47 bits per heavy atom. The smallest absolute Gasteiger partial charge is 0.481 e. The predicted octanol–water partition coefficient (Wildman–Crippen LogP) is -0.722. The average molecular weight is 528 g/mol. The molecule has 186 valence electrons. The van der Waals surface area contributed by atoms with Crippen molar-refractivity contribution in [1.29, 1.82) is 0 Å². The van der Waals surface area contributed by atoms with Crippen LogP contribution in [-0.4, -0.2) is 107 Å². The summed E-state index contributed by atoms with van der Waals surface area (Å²) in [5, 5.41) is 26.3. The van der Waals surface area contributed by atoms with Crippen molar-refractivity contribution in [3.63, 3.8) is 0 Å². The topological polar surface area (TPSA) is 220 Å². The molecule has 14 nitrogen and oxygen atoms in total. The number of carboxylic acids is 2. The van der Waals surface area contributed by atoms with E-state index < -0.39 is 35.9 Å². The van der Waals surface area contributed by atoms with Crippen molar-refractivity contribution in [2.45, 2.75) is 31.8 Å². The van der Waals surface area contributed by atoms with Crippen LogP contribution < -0.4 is 32.1 Å². The van der Waals surface area contributed by atoms with Crippen LogP contribution in [0.15, 0.2) is 29.1 Å². The van der Waals surface area contributed by atoms with E-state index in [1.54, 1.807) is 0 Å². The van der Waals surface area contributed by atoms with Crippen LogP contribution in [0.5, 0.6) is 0 Å². The van der Waals surface area contributed by atoms with Gasteiger partial charge in [0.25, 0.3) is 11.5 Å². The van der Waals surface area contributed by atoms with Crippen LogP contribution in [0.3, 0.4) is 0 Å². The minimum absolute atomic E-state index is 0. The molecule has 0 radical (unpaired) electrons. The van der Waals surface area contributed by atoms with Gasteiger partial charge in [0.15, 0.2) is 5.82 Å². The van der Waals surface area contributed by atoms with Crippen LogP contribution in [-0.2, 0) is 14.4 Å². The molecule has 3 rings (SSSR count). The largest absolute Gasteiger partial charge is 2.00 e. The Bertz CT molecular complexity index is 1200. The molecule has 15 heteroatoms.